The van der Waals surface area contributed by atoms with Gasteiger partial charge in [-0.2, -0.15) is 5.10 Å². The van der Waals surface area contributed by atoms with E-state index in [0.717, 1.165) is 28.3 Å². The largest absolute Gasteiger partial charge is 0.497 e. The first-order valence-corrected chi connectivity index (χ1v) is 11.6. The number of amides is 2. The molecule has 34 heavy (non-hydrogen) atoms. The molecule has 1 N–H and O–H groups in total. The van der Waals surface area contributed by atoms with Crippen LogP contribution in [0.1, 0.15) is 53.3 Å². The quantitative estimate of drug-likeness (QED) is 0.557. The molecule has 1 aliphatic heterocycles. The molecule has 4 rings (SSSR count). The number of carbonyl (C=O) groups is 2. The van der Waals surface area contributed by atoms with Crippen molar-refractivity contribution >= 4 is 11.8 Å². The van der Waals surface area contributed by atoms with Crippen molar-refractivity contribution in [3.8, 4) is 5.75 Å². The molecule has 0 spiro atoms. The molecule has 8 nitrogen and oxygen atoms in total. The zero-order valence-electron chi connectivity index (χ0n) is 20.0. The van der Waals surface area contributed by atoms with Crippen molar-refractivity contribution in [2.45, 2.75) is 46.3 Å². The summed E-state index contributed by atoms with van der Waals surface area (Å²) in [6.45, 7) is 5.95. The molecule has 0 saturated carbocycles. The second kappa shape index (κ2) is 10.5. The van der Waals surface area contributed by atoms with Gasteiger partial charge in [0, 0.05) is 49.9 Å². The van der Waals surface area contributed by atoms with Crippen molar-refractivity contribution in [1.82, 2.24) is 25.0 Å². The highest BCUT2D eigenvalue weighted by atomic mass is 16.5. The molecule has 3 aromatic rings. The smallest absolute Gasteiger partial charge is 0.272 e. The summed E-state index contributed by atoms with van der Waals surface area (Å²) < 4.78 is 7.06. The summed E-state index contributed by atoms with van der Waals surface area (Å²) >= 11 is 0. The average molecular weight is 462 g/mol. The third kappa shape index (κ3) is 5.44. The van der Waals surface area contributed by atoms with E-state index in [-0.39, 0.29) is 17.7 Å². The summed E-state index contributed by atoms with van der Waals surface area (Å²) in [7, 11) is 1.62. The molecule has 178 valence electrons. The van der Waals surface area contributed by atoms with Gasteiger partial charge in [0.1, 0.15) is 5.75 Å². The average Bonchev–Trinajstić information content (AvgIpc) is 3.20. The minimum Gasteiger partial charge on any atom is -0.497 e. The zero-order chi connectivity index (χ0) is 24.1. The Labute approximate surface area is 199 Å². The lowest BCUT2D eigenvalue weighted by Crippen LogP contribution is -2.37. The van der Waals surface area contributed by atoms with Crippen molar-refractivity contribution in [2.24, 2.45) is 5.92 Å². The standard InChI is InChI=1S/C26H31N5O3/c1-18(2)14-24(32)30-13-11-23-22(17-30)25(29-31(23)16-20-6-4-5-12-27-20)26(33)28-15-19-7-9-21(34-3)10-8-19/h4-10,12,18H,11,13-17H2,1-3H3,(H,28,33). The fourth-order valence-corrected chi connectivity index (χ4v) is 4.15. The van der Waals surface area contributed by atoms with Crippen molar-refractivity contribution in [3.63, 3.8) is 0 Å². The molecule has 3 heterocycles. The lowest BCUT2D eigenvalue weighted by atomic mass is 10.0. The monoisotopic (exact) mass is 461 g/mol. The molecule has 1 aliphatic rings. The fourth-order valence-electron chi connectivity index (χ4n) is 4.15. The lowest BCUT2D eigenvalue weighted by molar-refractivity contribution is -0.132. The van der Waals surface area contributed by atoms with E-state index in [2.05, 4.69) is 15.4 Å². The van der Waals surface area contributed by atoms with E-state index < -0.39 is 0 Å². The zero-order valence-corrected chi connectivity index (χ0v) is 20.0. The molecule has 1 aromatic carbocycles. The van der Waals surface area contributed by atoms with Gasteiger partial charge in [-0.05, 0) is 35.7 Å². The molecule has 8 heteroatoms. The van der Waals surface area contributed by atoms with Crippen molar-refractivity contribution in [3.05, 3.63) is 76.9 Å². The Morgan fingerprint density at radius 1 is 1.15 bits per heavy atom. The molecule has 0 aliphatic carbocycles. The number of hydrogen-bond donors (Lipinski definition) is 1. The van der Waals surface area contributed by atoms with Crippen LogP contribution in [-0.4, -0.2) is 45.1 Å². The van der Waals surface area contributed by atoms with Gasteiger partial charge in [0.15, 0.2) is 5.69 Å². The lowest BCUT2D eigenvalue weighted by Gasteiger charge is -2.28. The van der Waals surface area contributed by atoms with Gasteiger partial charge >= 0.3 is 0 Å². The van der Waals surface area contributed by atoms with E-state index in [4.69, 9.17) is 4.74 Å². The molecule has 0 unspecified atom stereocenters. The molecule has 2 amide bonds. The second-order valence-corrected chi connectivity index (χ2v) is 8.95. The SMILES string of the molecule is COc1ccc(CNC(=O)c2nn(Cc3ccccn3)c3c2CN(C(=O)CC(C)C)CC3)cc1. The number of aromatic nitrogens is 3. The van der Waals surface area contributed by atoms with Crippen LogP contribution in [0.15, 0.2) is 48.7 Å². The number of rotatable bonds is 8. The number of nitrogens with one attached hydrogen (secondary N) is 1. The Balaban J connectivity index is 1.57. The topological polar surface area (TPSA) is 89.3 Å². The number of methoxy groups -OCH3 is 1. The van der Waals surface area contributed by atoms with Crippen LogP contribution in [0.25, 0.3) is 0 Å². The van der Waals surface area contributed by atoms with Crippen LogP contribution in [0.2, 0.25) is 0 Å². The highest BCUT2D eigenvalue weighted by molar-refractivity contribution is 5.94. The minimum atomic E-state index is -0.245. The predicted octanol–water partition coefficient (Wildman–Crippen LogP) is 3.20. The number of pyridine rings is 1. The second-order valence-electron chi connectivity index (χ2n) is 8.95. The molecule has 2 aromatic heterocycles. The Hall–Kier alpha value is -3.68. The molecular weight excluding hydrogens is 430 g/mol. The molecule has 0 radical (unpaired) electrons. The van der Waals surface area contributed by atoms with Crippen LogP contribution < -0.4 is 10.1 Å². The summed E-state index contributed by atoms with van der Waals surface area (Å²) in [5, 5.41) is 7.67. The van der Waals surface area contributed by atoms with Gasteiger partial charge in [-0.1, -0.05) is 32.0 Å². The van der Waals surface area contributed by atoms with Crippen LogP contribution in [0, 0.1) is 5.92 Å². The number of benzene rings is 1. The number of fused-ring (bicyclic) bond motifs is 1. The summed E-state index contributed by atoms with van der Waals surface area (Å²) in [6, 6.07) is 13.3. The predicted molar refractivity (Wildman–Crippen MR) is 128 cm³/mol. The first-order valence-electron chi connectivity index (χ1n) is 11.6. The normalized spacial score (nSPS) is 13.0. The van der Waals surface area contributed by atoms with Crippen LogP contribution in [-0.2, 0) is 30.8 Å². The molecule has 0 atom stereocenters. The Kier molecular flexibility index (Phi) is 7.25. The summed E-state index contributed by atoms with van der Waals surface area (Å²) in [6.07, 6.45) is 2.90. The summed E-state index contributed by atoms with van der Waals surface area (Å²) in [5.41, 5.74) is 4.03. The molecule has 0 fully saturated rings. The third-order valence-electron chi connectivity index (χ3n) is 5.93. The summed E-state index contributed by atoms with van der Waals surface area (Å²) in [5.74, 6) is 0.921. The number of hydrogen-bond acceptors (Lipinski definition) is 5. The van der Waals surface area contributed by atoms with Gasteiger partial charge in [0.25, 0.3) is 5.91 Å². The molecular formula is C26H31N5O3. The minimum absolute atomic E-state index is 0.114. The van der Waals surface area contributed by atoms with E-state index >= 15 is 0 Å². The van der Waals surface area contributed by atoms with Crippen LogP contribution in [0.5, 0.6) is 5.75 Å². The maximum Gasteiger partial charge on any atom is 0.272 e. The van der Waals surface area contributed by atoms with Gasteiger partial charge < -0.3 is 15.0 Å². The first kappa shape index (κ1) is 23.5. The van der Waals surface area contributed by atoms with Crippen molar-refractivity contribution < 1.29 is 14.3 Å². The van der Waals surface area contributed by atoms with E-state index in [1.54, 1.807) is 13.3 Å². The Morgan fingerprint density at radius 2 is 1.94 bits per heavy atom. The van der Waals surface area contributed by atoms with Crippen LogP contribution in [0.4, 0.5) is 0 Å². The molecule has 0 saturated heterocycles. The maximum atomic E-state index is 13.2. The highest BCUT2D eigenvalue weighted by Gasteiger charge is 2.30. The van der Waals surface area contributed by atoms with Gasteiger partial charge in [-0.15, -0.1) is 0 Å². The Bertz CT molecular complexity index is 1140. The van der Waals surface area contributed by atoms with Crippen molar-refractivity contribution in [2.75, 3.05) is 13.7 Å². The van der Waals surface area contributed by atoms with Gasteiger partial charge in [0.2, 0.25) is 5.91 Å². The highest BCUT2D eigenvalue weighted by Crippen LogP contribution is 2.25. The van der Waals surface area contributed by atoms with Crippen LogP contribution >= 0.6 is 0 Å². The number of carbonyl (C=O) groups excluding carboxylic acids is 2. The summed E-state index contributed by atoms with van der Waals surface area (Å²) in [4.78, 5) is 32.2. The fraction of sp³-hybridized carbons (Fsp3) is 0.385. The van der Waals surface area contributed by atoms with E-state index in [0.29, 0.717) is 44.7 Å². The van der Waals surface area contributed by atoms with E-state index in [1.165, 1.54) is 0 Å². The number of ether oxygens (including phenoxy) is 1. The first-order chi connectivity index (χ1) is 16.4. The third-order valence-corrected chi connectivity index (χ3v) is 5.93. The van der Waals surface area contributed by atoms with Crippen molar-refractivity contribution in [1.29, 1.82) is 0 Å². The maximum absolute atomic E-state index is 13.2. The molecule has 0 bridgehead atoms. The van der Waals surface area contributed by atoms with Crippen LogP contribution in [0.3, 0.4) is 0 Å². The van der Waals surface area contributed by atoms with E-state index in [9.17, 15) is 9.59 Å². The number of nitrogens with zero attached hydrogens (tertiary/aromatic N) is 4. The van der Waals surface area contributed by atoms with Gasteiger partial charge in [-0.25, -0.2) is 0 Å². The Morgan fingerprint density at radius 3 is 2.62 bits per heavy atom. The van der Waals surface area contributed by atoms with E-state index in [1.807, 2.05) is 65.9 Å². The van der Waals surface area contributed by atoms with Gasteiger partial charge in [-0.3, -0.25) is 19.3 Å². The van der Waals surface area contributed by atoms with Gasteiger partial charge in [0.05, 0.1) is 19.3 Å².